The summed E-state index contributed by atoms with van der Waals surface area (Å²) < 4.78 is 31.5. The molecule has 0 unspecified atom stereocenters. The van der Waals surface area contributed by atoms with Crippen LogP contribution in [-0.2, 0) is 19.6 Å². The molecule has 2 rings (SSSR count). The molecule has 8 nitrogen and oxygen atoms in total. The minimum absolute atomic E-state index is 0.0613. The second kappa shape index (κ2) is 8.59. The Hall–Kier alpha value is -2.30. The van der Waals surface area contributed by atoms with Crippen molar-refractivity contribution < 1.29 is 22.9 Å². The maximum Gasteiger partial charge on any atom is 0.326 e. The van der Waals surface area contributed by atoms with Gasteiger partial charge in [0.2, 0.25) is 0 Å². The highest BCUT2D eigenvalue weighted by atomic mass is 35.5. The van der Waals surface area contributed by atoms with E-state index in [1.54, 1.807) is 12.1 Å². The van der Waals surface area contributed by atoms with Crippen LogP contribution in [0.5, 0.6) is 0 Å². The molecule has 0 saturated heterocycles. The second-order valence-electron chi connectivity index (χ2n) is 5.16. The lowest BCUT2D eigenvalue weighted by Gasteiger charge is -2.24. The van der Waals surface area contributed by atoms with E-state index < -0.39 is 27.5 Å². The van der Waals surface area contributed by atoms with Crippen molar-refractivity contribution >= 4 is 50.7 Å². The van der Waals surface area contributed by atoms with Crippen molar-refractivity contribution in [2.75, 3.05) is 24.2 Å². The summed E-state index contributed by atoms with van der Waals surface area (Å²) in [6, 6.07) is 9.34. The lowest BCUT2D eigenvalue weighted by atomic mass is 10.3. The Balaban J connectivity index is 2.62. The number of carbonyl (C=O) groups is 1. The lowest BCUT2D eigenvalue weighted by Crippen LogP contribution is -2.36. The summed E-state index contributed by atoms with van der Waals surface area (Å²) in [5.41, 5.74) is -0.553. The van der Waals surface area contributed by atoms with Crippen molar-refractivity contribution in [1.82, 2.24) is 0 Å². The molecule has 0 heterocycles. The van der Waals surface area contributed by atoms with Crippen LogP contribution in [0.2, 0.25) is 5.02 Å². The number of halogens is 1. The Morgan fingerprint density at radius 1 is 1.26 bits per heavy atom. The second-order valence-corrected chi connectivity index (χ2v) is 8.31. The fourth-order valence-electron chi connectivity index (χ4n) is 2.16. The summed E-state index contributed by atoms with van der Waals surface area (Å²) in [5, 5.41) is 11.0. The molecule has 0 bridgehead atoms. The van der Waals surface area contributed by atoms with E-state index in [1.165, 1.54) is 30.0 Å². The number of hydrogen-bond donors (Lipinski definition) is 0. The summed E-state index contributed by atoms with van der Waals surface area (Å²) in [4.78, 5) is 22.9. The average Bonchev–Trinajstić information content (AvgIpc) is 2.66. The molecule has 2 aromatic rings. The van der Waals surface area contributed by atoms with Crippen LogP contribution in [-0.4, -0.2) is 39.2 Å². The molecular formula is C16H15ClN2O6S2. The van der Waals surface area contributed by atoms with E-state index in [2.05, 4.69) is 4.74 Å². The zero-order valence-electron chi connectivity index (χ0n) is 14.3. The number of thioether (sulfide) groups is 1. The fourth-order valence-corrected chi connectivity index (χ4v) is 4.26. The highest BCUT2D eigenvalue weighted by Crippen LogP contribution is 2.34. The summed E-state index contributed by atoms with van der Waals surface area (Å²) in [6.07, 6.45) is 1.84. The average molecular weight is 431 g/mol. The standard InChI is InChI=1S/C16H15ClN2O6S2/c1-25-16(20)10-18(15-9-11(19(21)22)3-8-14(15)17)27(23,24)13-6-4-12(26-2)5-7-13/h3-9H,10H2,1-2H3. The van der Waals surface area contributed by atoms with Crippen LogP contribution in [0.1, 0.15) is 0 Å². The zero-order chi connectivity index (χ0) is 20.2. The van der Waals surface area contributed by atoms with Crippen LogP contribution in [0, 0.1) is 10.1 Å². The van der Waals surface area contributed by atoms with Crippen molar-refractivity contribution in [3.8, 4) is 0 Å². The largest absolute Gasteiger partial charge is 0.468 e. The number of nitro benzene ring substituents is 1. The number of nitro groups is 1. The Labute approximate surface area is 165 Å². The van der Waals surface area contributed by atoms with Gasteiger partial charge in [-0.1, -0.05) is 11.6 Å². The molecule has 0 aliphatic heterocycles. The molecule has 11 heteroatoms. The molecule has 0 radical (unpaired) electrons. The maximum atomic E-state index is 13.1. The predicted octanol–water partition coefficient (Wildman–Crippen LogP) is 3.34. The first kappa shape index (κ1) is 21.0. The minimum Gasteiger partial charge on any atom is -0.468 e. The third-order valence-electron chi connectivity index (χ3n) is 3.56. The van der Waals surface area contributed by atoms with E-state index in [9.17, 15) is 23.3 Å². The van der Waals surface area contributed by atoms with Crippen LogP contribution < -0.4 is 4.31 Å². The number of methoxy groups -OCH3 is 1. The van der Waals surface area contributed by atoms with Gasteiger partial charge in [0.25, 0.3) is 15.7 Å². The summed E-state index contributed by atoms with van der Waals surface area (Å²) >= 11 is 7.52. The molecular weight excluding hydrogens is 416 g/mol. The smallest absolute Gasteiger partial charge is 0.326 e. The van der Waals surface area contributed by atoms with Crippen molar-refractivity contribution in [1.29, 1.82) is 0 Å². The molecule has 0 aliphatic carbocycles. The fraction of sp³-hybridized carbons (Fsp3) is 0.188. The van der Waals surface area contributed by atoms with Gasteiger partial charge >= 0.3 is 5.97 Å². The lowest BCUT2D eigenvalue weighted by molar-refractivity contribution is -0.384. The van der Waals surface area contributed by atoms with Gasteiger partial charge in [0, 0.05) is 17.0 Å². The Morgan fingerprint density at radius 2 is 1.89 bits per heavy atom. The van der Waals surface area contributed by atoms with E-state index in [-0.39, 0.29) is 21.3 Å². The van der Waals surface area contributed by atoms with Gasteiger partial charge in [0.05, 0.1) is 27.6 Å². The number of nitrogens with zero attached hydrogens (tertiary/aromatic N) is 2. The van der Waals surface area contributed by atoms with E-state index >= 15 is 0 Å². The van der Waals surface area contributed by atoms with Crippen LogP contribution in [0.25, 0.3) is 0 Å². The molecule has 0 atom stereocenters. The minimum atomic E-state index is -4.23. The number of hydrogen-bond acceptors (Lipinski definition) is 7. The summed E-state index contributed by atoms with van der Waals surface area (Å²) in [6.45, 7) is -0.690. The summed E-state index contributed by atoms with van der Waals surface area (Å²) in [7, 11) is -3.13. The number of non-ortho nitro benzene ring substituents is 1. The molecule has 144 valence electrons. The number of benzene rings is 2. The van der Waals surface area contributed by atoms with Crippen molar-refractivity contribution in [2.24, 2.45) is 0 Å². The number of carbonyl (C=O) groups excluding carboxylic acids is 1. The van der Waals surface area contributed by atoms with Gasteiger partial charge in [0.1, 0.15) is 6.54 Å². The highest BCUT2D eigenvalue weighted by molar-refractivity contribution is 7.98. The maximum absolute atomic E-state index is 13.1. The molecule has 0 amide bonds. The first-order valence-electron chi connectivity index (χ1n) is 7.38. The number of sulfonamides is 1. The molecule has 0 aliphatic rings. The van der Waals surface area contributed by atoms with Gasteiger partial charge in [0.15, 0.2) is 0 Å². The quantitative estimate of drug-likeness (QED) is 0.287. The number of rotatable bonds is 7. The van der Waals surface area contributed by atoms with Gasteiger partial charge in [-0.25, -0.2) is 8.42 Å². The predicted molar refractivity (Wildman–Crippen MR) is 103 cm³/mol. The molecule has 0 aromatic heterocycles. The van der Waals surface area contributed by atoms with E-state index in [4.69, 9.17) is 11.6 Å². The summed E-state index contributed by atoms with van der Waals surface area (Å²) in [5.74, 6) is -0.845. The molecule has 0 fully saturated rings. The van der Waals surface area contributed by atoms with Crippen molar-refractivity contribution in [2.45, 2.75) is 9.79 Å². The molecule has 0 N–H and O–H groups in total. The SMILES string of the molecule is COC(=O)CN(c1cc([N+](=O)[O-])ccc1Cl)S(=O)(=O)c1ccc(SC)cc1. The zero-order valence-corrected chi connectivity index (χ0v) is 16.7. The Kier molecular flexibility index (Phi) is 6.68. The monoisotopic (exact) mass is 430 g/mol. The number of ether oxygens (including phenoxy) is 1. The molecule has 0 spiro atoms. The number of anilines is 1. The highest BCUT2D eigenvalue weighted by Gasteiger charge is 2.30. The first-order valence-corrected chi connectivity index (χ1v) is 10.4. The van der Waals surface area contributed by atoms with Crippen molar-refractivity contribution in [3.05, 3.63) is 57.6 Å². The normalized spacial score (nSPS) is 11.1. The number of esters is 1. The van der Waals surface area contributed by atoms with Crippen LogP contribution in [0.4, 0.5) is 11.4 Å². The first-order chi connectivity index (χ1) is 12.7. The van der Waals surface area contributed by atoms with E-state index in [0.717, 1.165) is 24.1 Å². The third kappa shape index (κ3) is 4.71. The van der Waals surface area contributed by atoms with Crippen LogP contribution in [0.3, 0.4) is 0 Å². The van der Waals surface area contributed by atoms with Crippen LogP contribution in [0.15, 0.2) is 52.3 Å². The van der Waals surface area contributed by atoms with Gasteiger partial charge < -0.3 is 4.74 Å². The van der Waals surface area contributed by atoms with E-state index in [1.807, 2.05) is 6.26 Å². The van der Waals surface area contributed by atoms with Gasteiger partial charge in [-0.3, -0.25) is 19.2 Å². The van der Waals surface area contributed by atoms with Gasteiger partial charge in [-0.05, 0) is 36.6 Å². The molecule has 0 saturated carbocycles. The topological polar surface area (TPSA) is 107 Å². The van der Waals surface area contributed by atoms with Gasteiger partial charge in [-0.15, -0.1) is 11.8 Å². The molecule has 2 aromatic carbocycles. The Morgan fingerprint density at radius 3 is 2.41 bits per heavy atom. The van der Waals surface area contributed by atoms with Crippen LogP contribution >= 0.6 is 23.4 Å². The van der Waals surface area contributed by atoms with Gasteiger partial charge in [-0.2, -0.15) is 0 Å². The molecule has 27 heavy (non-hydrogen) atoms. The van der Waals surface area contributed by atoms with Crippen molar-refractivity contribution in [3.63, 3.8) is 0 Å². The third-order valence-corrected chi connectivity index (χ3v) is 6.39. The van der Waals surface area contributed by atoms with E-state index in [0.29, 0.717) is 4.31 Å². The Bertz CT molecular complexity index is 963.